The summed E-state index contributed by atoms with van der Waals surface area (Å²) < 4.78 is 17.6. The Morgan fingerprint density at radius 2 is 1.02 bits per heavy atom. The molecule has 0 aliphatic heterocycles. The smallest absolute Gasteiger partial charge is 0.165 e. The van der Waals surface area contributed by atoms with Crippen LogP contribution >= 0.6 is 11.3 Å². The van der Waals surface area contributed by atoms with Gasteiger partial charge in [0, 0.05) is 80.9 Å². The van der Waals surface area contributed by atoms with Crippen molar-refractivity contribution in [2.75, 3.05) is 0 Å². The van der Waals surface area contributed by atoms with Gasteiger partial charge in [0.05, 0.1) is 11.0 Å². The Kier molecular flexibility index (Phi) is 6.50. The molecular weight excluding hydrogens is 733 g/mol. The summed E-state index contributed by atoms with van der Waals surface area (Å²) >= 11 is 1.76. The number of thiophene rings is 1. The molecule has 8 aromatic carbocycles. The third kappa shape index (κ3) is 4.56. The second-order valence-electron chi connectivity index (χ2n) is 14.7. The van der Waals surface area contributed by atoms with E-state index in [9.17, 15) is 0 Å². The van der Waals surface area contributed by atoms with Crippen molar-refractivity contribution in [2.24, 2.45) is 0 Å². The van der Waals surface area contributed by atoms with Gasteiger partial charge >= 0.3 is 0 Å². The highest BCUT2D eigenvalue weighted by molar-refractivity contribution is 7.26. The van der Waals surface area contributed by atoms with Crippen LogP contribution in [0.15, 0.2) is 179 Å². The maximum Gasteiger partial charge on any atom is 0.165 e. The Hall–Kier alpha value is -7.61. The lowest BCUT2D eigenvalue weighted by Gasteiger charge is -2.13. The van der Waals surface area contributed by atoms with E-state index in [-0.39, 0.29) is 0 Å². The summed E-state index contributed by atoms with van der Waals surface area (Å²) in [6, 6.07) is 58.9. The minimum absolute atomic E-state index is 0.611. The molecule has 0 unspecified atom stereocenters. The van der Waals surface area contributed by atoms with Crippen LogP contribution in [0.25, 0.3) is 126 Å². The number of fused-ring (bicyclic) bond motifs is 13. The van der Waals surface area contributed by atoms with Crippen LogP contribution in [0.3, 0.4) is 0 Å². The number of para-hydroxylation sites is 3. The van der Waals surface area contributed by atoms with Gasteiger partial charge in [0.25, 0.3) is 0 Å². The lowest BCUT2D eigenvalue weighted by atomic mass is 10.0. The second-order valence-corrected chi connectivity index (χ2v) is 15.8. The van der Waals surface area contributed by atoms with Crippen LogP contribution in [-0.4, -0.2) is 19.5 Å². The molecular formula is C51H28N4O2S. The van der Waals surface area contributed by atoms with E-state index < -0.39 is 0 Å². The van der Waals surface area contributed by atoms with Crippen molar-refractivity contribution in [3.05, 3.63) is 170 Å². The van der Waals surface area contributed by atoms with Gasteiger partial charge in [-0.05, 0) is 48.5 Å². The molecule has 6 nitrogen and oxygen atoms in total. The third-order valence-electron chi connectivity index (χ3n) is 11.4. The number of furan rings is 2. The number of benzene rings is 8. The summed E-state index contributed by atoms with van der Waals surface area (Å²) in [6.07, 6.45) is 0. The van der Waals surface area contributed by atoms with Gasteiger partial charge in [-0.3, -0.25) is 0 Å². The predicted molar refractivity (Wildman–Crippen MR) is 238 cm³/mol. The average Bonchev–Trinajstić information content (AvgIpc) is 4.04. The van der Waals surface area contributed by atoms with E-state index in [4.69, 9.17) is 23.8 Å². The molecule has 0 aliphatic rings. The molecule has 13 aromatic rings. The molecule has 0 bridgehead atoms. The highest BCUT2D eigenvalue weighted by atomic mass is 32.1. The van der Waals surface area contributed by atoms with Gasteiger partial charge < -0.3 is 13.4 Å². The summed E-state index contributed by atoms with van der Waals surface area (Å²) in [4.78, 5) is 15.6. The zero-order valence-electron chi connectivity index (χ0n) is 30.7. The molecule has 0 fully saturated rings. The first-order valence-corrected chi connectivity index (χ1v) is 20.1. The highest BCUT2D eigenvalue weighted by Crippen LogP contribution is 2.47. The summed E-state index contributed by atoms with van der Waals surface area (Å²) in [5, 5.41) is 9.02. The predicted octanol–water partition coefficient (Wildman–Crippen LogP) is 14.1. The van der Waals surface area contributed by atoms with Crippen molar-refractivity contribution >= 4 is 97.2 Å². The van der Waals surface area contributed by atoms with Crippen molar-refractivity contribution in [3.63, 3.8) is 0 Å². The van der Waals surface area contributed by atoms with Crippen LogP contribution in [-0.2, 0) is 0 Å². The van der Waals surface area contributed by atoms with Crippen LogP contribution < -0.4 is 0 Å². The van der Waals surface area contributed by atoms with E-state index in [1.807, 2.05) is 60.7 Å². The van der Waals surface area contributed by atoms with E-state index in [0.717, 1.165) is 98.1 Å². The second kappa shape index (κ2) is 11.9. The number of aromatic nitrogens is 4. The van der Waals surface area contributed by atoms with Crippen LogP contribution in [0.2, 0.25) is 0 Å². The van der Waals surface area contributed by atoms with Gasteiger partial charge in [0.1, 0.15) is 22.3 Å². The molecule has 0 atom stereocenters. The number of nitrogens with zero attached hydrogens (tertiary/aromatic N) is 4. The molecule has 5 heterocycles. The minimum atomic E-state index is 0.611. The summed E-state index contributed by atoms with van der Waals surface area (Å²) in [6.45, 7) is 0. The minimum Gasteiger partial charge on any atom is -0.456 e. The van der Waals surface area contributed by atoms with Crippen molar-refractivity contribution in [3.8, 4) is 39.9 Å². The number of hydrogen-bond acceptors (Lipinski definition) is 6. The fourth-order valence-corrected chi connectivity index (χ4v) is 10.1. The molecule has 13 rings (SSSR count). The van der Waals surface area contributed by atoms with Gasteiger partial charge in [-0.25, -0.2) is 15.0 Å². The van der Waals surface area contributed by atoms with Gasteiger partial charge in [0.15, 0.2) is 17.5 Å². The van der Waals surface area contributed by atoms with Crippen molar-refractivity contribution in [2.45, 2.75) is 0 Å². The quantitative estimate of drug-likeness (QED) is 0.179. The number of hydrogen-bond donors (Lipinski definition) is 0. The molecule has 0 aliphatic carbocycles. The first-order valence-electron chi connectivity index (χ1n) is 19.3. The standard InChI is InChI=1S/C51H28N4O2S/c1-3-13-29(14-4-1)49-52-50(30-15-5-2-6-16-30)54-51(53-49)38-26-31(25-37-47-45(58-48(37)38)24-23-43-46(47)34-19-9-12-22-42(34)56-43)55-39-20-10-7-17-32(39)35-27-36-33-18-8-11-21-41(33)57-44(36)28-40(35)55/h1-28H. The Balaban J connectivity index is 1.19. The monoisotopic (exact) mass is 760 g/mol. The first-order chi connectivity index (χ1) is 28.7. The van der Waals surface area contributed by atoms with E-state index in [0.29, 0.717) is 17.5 Å². The molecule has 0 N–H and O–H groups in total. The van der Waals surface area contributed by atoms with Crippen LogP contribution in [0, 0.1) is 0 Å². The first kappa shape index (κ1) is 31.6. The third-order valence-corrected chi connectivity index (χ3v) is 12.6. The Morgan fingerprint density at radius 1 is 0.397 bits per heavy atom. The van der Waals surface area contributed by atoms with Gasteiger partial charge in [-0.2, -0.15) is 0 Å². The molecule has 0 saturated heterocycles. The normalized spacial score (nSPS) is 12.1. The zero-order valence-corrected chi connectivity index (χ0v) is 31.5. The van der Waals surface area contributed by atoms with Crippen molar-refractivity contribution in [1.82, 2.24) is 19.5 Å². The summed E-state index contributed by atoms with van der Waals surface area (Å²) in [7, 11) is 0. The topological polar surface area (TPSA) is 69.9 Å². The van der Waals surface area contributed by atoms with Gasteiger partial charge in [0.2, 0.25) is 0 Å². The average molecular weight is 761 g/mol. The van der Waals surface area contributed by atoms with Crippen LogP contribution in [0.1, 0.15) is 0 Å². The maximum absolute atomic E-state index is 6.50. The highest BCUT2D eigenvalue weighted by Gasteiger charge is 2.23. The van der Waals surface area contributed by atoms with Crippen LogP contribution in [0.4, 0.5) is 0 Å². The van der Waals surface area contributed by atoms with E-state index in [1.165, 1.54) is 10.1 Å². The molecule has 0 saturated carbocycles. The van der Waals surface area contributed by atoms with Gasteiger partial charge in [-0.15, -0.1) is 11.3 Å². The largest absolute Gasteiger partial charge is 0.456 e. The summed E-state index contributed by atoms with van der Waals surface area (Å²) in [5.74, 6) is 1.85. The Labute approximate surface area is 333 Å². The van der Waals surface area contributed by atoms with Crippen molar-refractivity contribution < 1.29 is 8.83 Å². The Morgan fingerprint density at radius 3 is 1.78 bits per heavy atom. The zero-order chi connectivity index (χ0) is 37.9. The molecule has 7 heteroatoms. The lowest BCUT2D eigenvalue weighted by Crippen LogP contribution is -2.01. The van der Waals surface area contributed by atoms with Crippen LogP contribution in [0.5, 0.6) is 0 Å². The maximum atomic E-state index is 6.50. The summed E-state index contributed by atoms with van der Waals surface area (Å²) in [5.41, 5.74) is 9.41. The van der Waals surface area contributed by atoms with Gasteiger partial charge in [-0.1, -0.05) is 115 Å². The SMILES string of the molecule is c1ccc(-c2nc(-c3ccccc3)nc(-c3cc(-n4c5ccccc5c5cc6c(cc54)oc4ccccc46)cc4c3sc3ccc5oc6ccccc6c5c34)n2)cc1. The molecule has 5 aromatic heterocycles. The lowest BCUT2D eigenvalue weighted by molar-refractivity contribution is 0.669. The van der Waals surface area contributed by atoms with E-state index >= 15 is 0 Å². The molecule has 0 spiro atoms. The van der Waals surface area contributed by atoms with E-state index in [1.54, 1.807) is 11.3 Å². The molecule has 0 radical (unpaired) electrons. The van der Waals surface area contributed by atoms with Crippen molar-refractivity contribution in [1.29, 1.82) is 0 Å². The molecule has 270 valence electrons. The fraction of sp³-hybridized carbons (Fsp3) is 0. The van der Waals surface area contributed by atoms with E-state index in [2.05, 4.69) is 114 Å². The molecule has 58 heavy (non-hydrogen) atoms. The Bertz CT molecular complexity index is 3740. The fourth-order valence-electron chi connectivity index (χ4n) is 8.86. The molecule has 0 amide bonds. The number of rotatable bonds is 4.